The summed E-state index contributed by atoms with van der Waals surface area (Å²) in [5.41, 5.74) is 1.32. The Morgan fingerprint density at radius 2 is 2.00 bits per heavy atom. The second-order valence-corrected chi connectivity index (χ2v) is 4.60. The highest BCUT2D eigenvalue weighted by atomic mass is 15.1. The number of piperidine rings is 1. The normalized spacial score (nSPS) is 19.3. The van der Waals surface area contributed by atoms with Crippen LogP contribution in [0.4, 0.5) is 0 Å². The van der Waals surface area contributed by atoms with Crippen LogP contribution in [-0.4, -0.2) is 37.1 Å². The monoisotopic (exact) mass is 210 g/mol. The molecule has 0 unspecified atom stereocenters. The molecule has 1 aliphatic heterocycles. The molecule has 2 nitrogen and oxygen atoms in total. The van der Waals surface area contributed by atoms with Gasteiger partial charge in [-0.3, -0.25) is 0 Å². The second kappa shape index (κ2) is 7.02. The Morgan fingerprint density at radius 3 is 2.53 bits per heavy atom. The van der Waals surface area contributed by atoms with Crippen molar-refractivity contribution in [2.24, 2.45) is 0 Å². The van der Waals surface area contributed by atoms with E-state index in [4.69, 9.17) is 0 Å². The Bertz CT molecular complexity index is 181. The summed E-state index contributed by atoms with van der Waals surface area (Å²) in [7, 11) is 0. The third-order valence-electron chi connectivity index (χ3n) is 3.27. The van der Waals surface area contributed by atoms with Crippen LogP contribution in [0.2, 0.25) is 0 Å². The average Bonchev–Trinajstić information content (AvgIpc) is 2.28. The summed E-state index contributed by atoms with van der Waals surface area (Å²) in [5, 5.41) is 3.61. The van der Waals surface area contributed by atoms with Crippen molar-refractivity contribution >= 4 is 0 Å². The highest BCUT2D eigenvalue weighted by Crippen LogP contribution is 2.10. The molecule has 0 aromatic heterocycles. The fourth-order valence-corrected chi connectivity index (χ4v) is 2.09. The van der Waals surface area contributed by atoms with Gasteiger partial charge in [0.25, 0.3) is 0 Å². The van der Waals surface area contributed by atoms with Gasteiger partial charge in [0.15, 0.2) is 0 Å². The van der Waals surface area contributed by atoms with Crippen LogP contribution in [0, 0.1) is 0 Å². The Morgan fingerprint density at radius 1 is 1.33 bits per heavy atom. The fourth-order valence-electron chi connectivity index (χ4n) is 2.09. The molecular weight excluding hydrogens is 184 g/mol. The van der Waals surface area contributed by atoms with E-state index in [1.54, 1.807) is 0 Å². The molecule has 1 N–H and O–H groups in total. The summed E-state index contributed by atoms with van der Waals surface area (Å²) in [5.74, 6) is 0. The topological polar surface area (TPSA) is 15.3 Å². The number of nitrogens with zero attached hydrogens (tertiary/aromatic N) is 1. The van der Waals surface area contributed by atoms with Crippen molar-refractivity contribution in [3.05, 3.63) is 12.2 Å². The first-order valence-electron chi connectivity index (χ1n) is 6.38. The second-order valence-electron chi connectivity index (χ2n) is 4.60. The smallest absolute Gasteiger partial charge is 0.0164 e. The van der Waals surface area contributed by atoms with Crippen LogP contribution >= 0.6 is 0 Å². The van der Waals surface area contributed by atoms with E-state index in [1.165, 1.54) is 44.5 Å². The molecule has 0 spiro atoms. The van der Waals surface area contributed by atoms with Gasteiger partial charge in [0.05, 0.1) is 0 Å². The van der Waals surface area contributed by atoms with Gasteiger partial charge in [-0.05, 0) is 45.3 Å². The van der Waals surface area contributed by atoms with E-state index in [1.807, 2.05) is 0 Å². The number of nitrogens with one attached hydrogen (secondary N) is 1. The summed E-state index contributed by atoms with van der Waals surface area (Å²) in [4.78, 5) is 2.58. The molecule has 0 amide bonds. The van der Waals surface area contributed by atoms with Gasteiger partial charge in [0.2, 0.25) is 0 Å². The van der Waals surface area contributed by atoms with E-state index in [0.717, 1.165) is 19.0 Å². The van der Waals surface area contributed by atoms with Gasteiger partial charge >= 0.3 is 0 Å². The first-order chi connectivity index (χ1) is 7.26. The van der Waals surface area contributed by atoms with Crippen molar-refractivity contribution in [3.8, 4) is 0 Å². The van der Waals surface area contributed by atoms with Crippen LogP contribution in [0.25, 0.3) is 0 Å². The predicted octanol–water partition coefficient (Wildman–Crippen LogP) is 2.42. The lowest BCUT2D eigenvalue weighted by Gasteiger charge is -2.32. The first-order valence-corrected chi connectivity index (χ1v) is 6.38. The van der Waals surface area contributed by atoms with Crippen LogP contribution in [0.5, 0.6) is 0 Å². The summed E-state index contributed by atoms with van der Waals surface area (Å²) in [6.07, 6.45) is 4.99. The molecule has 2 heteroatoms. The zero-order valence-electron chi connectivity index (χ0n) is 10.4. The largest absolute Gasteiger partial charge is 0.310 e. The third-order valence-corrected chi connectivity index (χ3v) is 3.27. The van der Waals surface area contributed by atoms with Gasteiger partial charge in [-0.15, -0.1) is 0 Å². The van der Waals surface area contributed by atoms with Crippen LogP contribution < -0.4 is 5.32 Å². The fraction of sp³-hybridized carbons (Fsp3) is 0.846. The molecule has 88 valence electrons. The maximum atomic E-state index is 4.03. The summed E-state index contributed by atoms with van der Waals surface area (Å²) >= 11 is 0. The molecule has 1 fully saturated rings. The quantitative estimate of drug-likeness (QED) is 0.677. The van der Waals surface area contributed by atoms with Crippen molar-refractivity contribution in [2.75, 3.05) is 26.2 Å². The first kappa shape index (κ1) is 12.7. The van der Waals surface area contributed by atoms with Gasteiger partial charge in [-0.2, -0.15) is 0 Å². The van der Waals surface area contributed by atoms with Crippen LogP contribution in [0.1, 0.15) is 39.5 Å². The lowest BCUT2D eigenvalue weighted by atomic mass is 10.0. The zero-order valence-corrected chi connectivity index (χ0v) is 10.4. The summed E-state index contributed by atoms with van der Waals surface area (Å²) in [6, 6.07) is 0.724. The van der Waals surface area contributed by atoms with Gasteiger partial charge in [-0.25, -0.2) is 0 Å². The van der Waals surface area contributed by atoms with Crippen LogP contribution in [0.15, 0.2) is 12.2 Å². The van der Waals surface area contributed by atoms with Crippen molar-refractivity contribution < 1.29 is 0 Å². The highest BCUT2D eigenvalue weighted by Gasteiger charge is 2.17. The standard InChI is InChI=1S/C13H26N2/c1-4-8-15-9-6-13(7-10-15)14-11-12(3)5-2/h13-14H,3-11H2,1-2H3. The van der Waals surface area contributed by atoms with Gasteiger partial charge in [0.1, 0.15) is 0 Å². The summed E-state index contributed by atoms with van der Waals surface area (Å²) < 4.78 is 0. The van der Waals surface area contributed by atoms with Gasteiger partial charge in [-0.1, -0.05) is 26.0 Å². The Labute approximate surface area is 94.7 Å². The Balaban J connectivity index is 2.12. The highest BCUT2D eigenvalue weighted by molar-refractivity contribution is 4.96. The van der Waals surface area contributed by atoms with Crippen molar-refractivity contribution in [1.29, 1.82) is 0 Å². The SMILES string of the molecule is C=C(CC)CNC1CCN(CCC)CC1. The van der Waals surface area contributed by atoms with E-state index in [0.29, 0.717) is 0 Å². The summed E-state index contributed by atoms with van der Waals surface area (Å²) in [6.45, 7) is 13.3. The minimum absolute atomic E-state index is 0.724. The lowest BCUT2D eigenvalue weighted by Crippen LogP contribution is -2.43. The van der Waals surface area contributed by atoms with E-state index in [-0.39, 0.29) is 0 Å². The Hall–Kier alpha value is -0.340. The molecule has 0 aromatic carbocycles. The van der Waals surface area contributed by atoms with E-state index < -0.39 is 0 Å². The minimum atomic E-state index is 0.724. The predicted molar refractivity (Wildman–Crippen MR) is 67.2 cm³/mol. The number of hydrogen-bond donors (Lipinski definition) is 1. The molecule has 0 saturated carbocycles. The number of rotatable bonds is 6. The van der Waals surface area contributed by atoms with Crippen molar-refractivity contribution in [2.45, 2.75) is 45.6 Å². The third kappa shape index (κ3) is 4.80. The molecule has 0 bridgehead atoms. The zero-order chi connectivity index (χ0) is 11.1. The molecule has 0 aliphatic carbocycles. The van der Waals surface area contributed by atoms with E-state index in [9.17, 15) is 0 Å². The molecule has 1 aliphatic rings. The van der Waals surface area contributed by atoms with Crippen molar-refractivity contribution in [3.63, 3.8) is 0 Å². The maximum Gasteiger partial charge on any atom is 0.0164 e. The van der Waals surface area contributed by atoms with E-state index >= 15 is 0 Å². The van der Waals surface area contributed by atoms with Crippen LogP contribution in [0.3, 0.4) is 0 Å². The number of hydrogen-bond acceptors (Lipinski definition) is 2. The number of likely N-dealkylation sites (tertiary alicyclic amines) is 1. The minimum Gasteiger partial charge on any atom is -0.310 e. The molecule has 1 saturated heterocycles. The molecule has 1 heterocycles. The van der Waals surface area contributed by atoms with Gasteiger partial charge < -0.3 is 10.2 Å². The molecule has 0 atom stereocenters. The van der Waals surface area contributed by atoms with Gasteiger partial charge in [0, 0.05) is 12.6 Å². The molecule has 0 aromatic rings. The lowest BCUT2D eigenvalue weighted by molar-refractivity contribution is 0.200. The van der Waals surface area contributed by atoms with Crippen LogP contribution in [-0.2, 0) is 0 Å². The Kier molecular flexibility index (Phi) is 5.96. The molecule has 15 heavy (non-hydrogen) atoms. The molecule has 0 radical (unpaired) electrons. The molecule has 1 rings (SSSR count). The maximum absolute atomic E-state index is 4.03. The van der Waals surface area contributed by atoms with E-state index in [2.05, 4.69) is 30.6 Å². The molecular formula is C13H26N2. The van der Waals surface area contributed by atoms with Crippen molar-refractivity contribution in [1.82, 2.24) is 10.2 Å². The average molecular weight is 210 g/mol.